The lowest BCUT2D eigenvalue weighted by atomic mass is 9.92. The smallest absolute Gasteiger partial charge is 0.193 e. The summed E-state index contributed by atoms with van der Waals surface area (Å²) in [6, 6.07) is 11.0. The summed E-state index contributed by atoms with van der Waals surface area (Å²) in [5.41, 5.74) is 3.51. The Hall–Kier alpha value is -0.730. The molecule has 2 aromatic carbocycles. The fourth-order valence-corrected chi connectivity index (χ4v) is 3.05. The van der Waals surface area contributed by atoms with Crippen LogP contribution in [0.5, 0.6) is 0 Å². The Kier molecular flexibility index (Phi) is 10.7. The number of hydrogen-bond donors (Lipinski definition) is 0. The molecule has 24 heavy (non-hydrogen) atoms. The third-order valence-electron chi connectivity index (χ3n) is 3.66. The van der Waals surface area contributed by atoms with Crippen LogP contribution in [0.25, 0.3) is 0 Å². The minimum Gasteiger partial charge on any atom is -0.289 e. The van der Waals surface area contributed by atoms with E-state index in [9.17, 15) is 4.79 Å². The van der Waals surface area contributed by atoms with Crippen LogP contribution in [0.4, 0.5) is 0 Å². The predicted octanol–water partition coefficient (Wildman–Crippen LogP) is 6.97. The summed E-state index contributed by atoms with van der Waals surface area (Å²) in [5, 5.41) is 1.34. The highest BCUT2D eigenvalue weighted by molar-refractivity contribution is 6.31. The zero-order valence-electron chi connectivity index (χ0n) is 13.8. The first-order chi connectivity index (χ1) is 10.6. The molecule has 2 aromatic rings. The Morgan fingerprint density at radius 1 is 0.792 bits per heavy atom. The lowest BCUT2D eigenvalue weighted by molar-refractivity contribution is 0.103. The fourth-order valence-electron chi connectivity index (χ4n) is 2.67. The molecule has 5 heteroatoms. The number of ketones is 1. The molecule has 0 atom stereocenters. The SMILES string of the molecule is CCCc1cc(Cl)ccc1C(=O)c1ccc(Cl)cc1CCC.Cl.Cl. The third kappa shape index (κ3) is 5.67. The molecule has 0 radical (unpaired) electrons. The summed E-state index contributed by atoms with van der Waals surface area (Å²) in [6.07, 6.45) is 3.64. The molecule has 0 bridgehead atoms. The molecule has 0 saturated heterocycles. The maximum atomic E-state index is 13.0. The second-order valence-electron chi connectivity index (χ2n) is 5.43. The first-order valence-electron chi connectivity index (χ1n) is 7.68. The first-order valence-corrected chi connectivity index (χ1v) is 8.44. The largest absolute Gasteiger partial charge is 0.289 e. The molecule has 0 aliphatic rings. The van der Waals surface area contributed by atoms with Gasteiger partial charge in [-0.1, -0.05) is 49.9 Å². The van der Waals surface area contributed by atoms with Crippen molar-refractivity contribution in [1.29, 1.82) is 0 Å². The van der Waals surface area contributed by atoms with E-state index in [2.05, 4.69) is 13.8 Å². The molecule has 0 amide bonds. The third-order valence-corrected chi connectivity index (χ3v) is 4.13. The number of benzene rings is 2. The summed E-state index contributed by atoms with van der Waals surface area (Å²) in [5.74, 6) is 0.0558. The van der Waals surface area contributed by atoms with Gasteiger partial charge in [-0.05, 0) is 60.4 Å². The summed E-state index contributed by atoms with van der Waals surface area (Å²) in [7, 11) is 0. The van der Waals surface area contributed by atoms with Crippen molar-refractivity contribution < 1.29 is 4.79 Å². The van der Waals surface area contributed by atoms with Gasteiger partial charge in [-0.25, -0.2) is 0 Å². The van der Waals surface area contributed by atoms with E-state index in [-0.39, 0.29) is 30.6 Å². The van der Waals surface area contributed by atoms with Crippen LogP contribution in [0.2, 0.25) is 10.0 Å². The van der Waals surface area contributed by atoms with Gasteiger partial charge in [0.15, 0.2) is 5.78 Å². The Morgan fingerprint density at radius 2 is 1.17 bits per heavy atom. The van der Waals surface area contributed by atoms with E-state index in [0.717, 1.165) is 47.9 Å². The number of carbonyl (C=O) groups is 1. The average Bonchev–Trinajstić information content (AvgIpc) is 2.48. The van der Waals surface area contributed by atoms with Gasteiger partial charge in [-0.2, -0.15) is 0 Å². The van der Waals surface area contributed by atoms with Crippen LogP contribution in [-0.4, -0.2) is 5.78 Å². The van der Waals surface area contributed by atoms with Gasteiger partial charge in [0.1, 0.15) is 0 Å². The number of hydrogen-bond acceptors (Lipinski definition) is 1. The van der Waals surface area contributed by atoms with Gasteiger partial charge in [-0.15, -0.1) is 24.8 Å². The summed E-state index contributed by atoms with van der Waals surface area (Å²) in [4.78, 5) is 13.0. The van der Waals surface area contributed by atoms with Gasteiger partial charge in [0.05, 0.1) is 0 Å². The standard InChI is InChI=1S/C19H20Cl2O.2ClH/c1-3-5-13-11-15(20)7-9-17(13)19(22)18-10-8-16(21)12-14(18)6-4-2;;/h7-12H,3-6H2,1-2H3;2*1H. The average molecular weight is 408 g/mol. The molecule has 2 rings (SSSR count). The van der Waals surface area contributed by atoms with E-state index in [1.807, 2.05) is 24.3 Å². The molecule has 0 aromatic heterocycles. The van der Waals surface area contributed by atoms with E-state index in [0.29, 0.717) is 10.0 Å². The van der Waals surface area contributed by atoms with Gasteiger partial charge in [0.2, 0.25) is 0 Å². The quantitative estimate of drug-likeness (QED) is 0.472. The van der Waals surface area contributed by atoms with E-state index in [1.165, 1.54) is 0 Å². The van der Waals surface area contributed by atoms with Gasteiger partial charge in [-0.3, -0.25) is 4.79 Å². The minimum atomic E-state index is 0. The molecule has 0 unspecified atom stereocenters. The zero-order chi connectivity index (χ0) is 16.1. The van der Waals surface area contributed by atoms with E-state index in [1.54, 1.807) is 12.1 Å². The van der Waals surface area contributed by atoms with Crippen molar-refractivity contribution in [3.05, 3.63) is 68.7 Å². The molecule has 0 saturated carbocycles. The molecular formula is C19H22Cl4O. The molecule has 0 N–H and O–H groups in total. The second kappa shape index (κ2) is 11.0. The molecular weight excluding hydrogens is 386 g/mol. The lowest BCUT2D eigenvalue weighted by Gasteiger charge is -2.12. The maximum Gasteiger partial charge on any atom is 0.193 e. The molecule has 0 heterocycles. The first kappa shape index (κ1) is 23.3. The van der Waals surface area contributed by atoms with Crippen LogP contribution in [0.1, 0.15) is 53.7 Å². The van der Waals surface area contributed by atoms with Crippen molar-refractivity contribution in [2.45, 2.75) is 39.5 Å². The van der Waals surface area contributed by atoms with Crippen LogP contribution in [0.15, 0.2) is 36.4 Å². The maximum absolute atomic E-state index is 13.0. The topological polar surface area (TPSA) is 17.1 Å². The molecule has 0 spiro atoms. The van der Waals surface area contributed by atoms with Crippen molar-refractivity contribution in [2.24, 2.45) is 0 Å². The van der Waals surface area contributed by atoms with Gasteiger partial charge in [0.25, 0.3) is 0 Å². The highest BCUT2D eigenvalue weighted by atomic mass is 35.5. The highest BCUT2D eigenvalue weighted by Gasteiger charge is 2.17. The van der Waals surface area contributed by atoms with Crippen molar-refractivity contribution in [1.82, 2.24) is 0 Å². The molecule has 0 aliphatic carbocycles. The fraction of sp³-hybridized carbons (Fsp3) is 0.316. The highest BCUT2D eigenvalue weighted by Crippen LogP contribution is 2.24. The van der Waals surface area contributed by atoms with E-state index >= 15 is 0 Å². The van der Waals surface area contributed by atoms with Crippen molar-refractivity contribution >= 4 is 53.8 Å². The lowest BCUT2D eigenvalue weighted by Crippen LogP contribution is -2.09. The van der Waals surface area contributed by atoms with E-state index in [4.69, 9.17) is 23.2 Å². The van der Waals surface area contributed by atoms with Crippen molar-refractivity contribution in [3.8, 4) is 0 Å². The monoisotopic (exact) mass is 406 g/mol. The normalized spacial score (nSPS) is 9.83. The number of rotatable bonds is 6. The molecule has 1 nitrogen and oxygen atoms in total. The minimum absolute atomic E-state index is 0. The Labute approximate surface area is 166 Å². The van der Waals surface area contributed by atoms with E-state index < -0.39 is 0 Å². The zero-order valence-corrected chi connectivity index (χ0v) is 16.9. The molecule has 132 valence electrons. The predicted molar refractivity (Wildman–Crippen MR) is 109 cm³/mol. The van der Waals surface area contributed by atoms with Crippen LogP contribution >= 0.6 is 48.0 Å². The number of aryl methyl sites for hydroxylation is 2. The Morgan fingerprint density at radius 3 is 1.50 bits per heavy atom. The van der Waals surface area contributed by atoms with Crippen molar-refractivity contribution in [3.63, 3.8) is 0 Å². The number of halogens is 4. The van der Waals surface area contributed by atoms with Gasteiger partial charge >= 0.3 is 0 Å². The Balaban J connectivity index is 0.00000264. The van der Waals surface area contributed by atoms with Crippen LogP contribution in [0.3, 0.4) is 0 Å². The van der Waals surface area contributed by atoms with Crippen LogP contribution < -0.4 is 0 Å². The van der Waals surface area contributed by atoms with Crippen molar-refractivity contribution in [2.75, 3.05) is 0 Å². The summed E-state index contributed by atoms with van der Waals surface area (Å²) >= 11 is 12.2. The molecule has 0 aliphatic heterocycles. The van der Waals surface area contributed by atoms with Crippen LogP contribution in [-0.2, 0) is 12.8 Å². The van der Waals surface area contributed by atoms with Crippen LogP contribution in [0, 0.1) is 0 Å². The Bertz CT molecular complexity index is 626. The van der Waals surface area contributed by atoms with Gasteiger partial charge < -0.3 is 0 Å². The second-order valence-corrected chi connectivity index (χ2v) is 6.30. The summed E-state index contributed by atoms with van der Waals surface area (Å²) < 4.78 is 0. The summed E-state index contributed by atoms with van der Waals surface area (Å²) in [6.45, 7) is 4.19. The van der Waals surface area contributed by atoms with Gasteiger partial charge in [0, 0.05) is 21.2 Å². The number of carbonyl (C=O) groups excluding carboxylic acids is 1. The molecule has 0 fully saturated rings.